The maximum atomic E-state index is 13.3. The van der Waals surface area contributed by atoms with Gasteiger partial charge in [0.2, 0.25) is 5.91 Å². The molecule has 0 aromatic heterocycles. The first kappa shape index (κ1) is 24.9. The van der Waals surface area contributed by atoms with E-state index in [4.69, 9.17) is 4.74 Å². The molecule has 1 atom stereocenters. The van der Waals surface area contributed by atoms with Gasteiger partial charge in [0, 0.05) is 13.6 Å². The van der Waals surface area contributed by atoms with Crippen LogP contribution in [0.1, 0.15) is 25.0 Å². The predicted octanol–water partition coefficient (Wildman–Crippen LogP) is 3.25. The van der Waals surface area contributed by atoms with Gasteiger partial charge in [-0.25, -0.2) is 9.18 Å². The average Bonchev–Trinajstić information content (AvgIpc) is 2.99. The Kier molecular flexibility index (Phi) is 7.33. The van der Waals surface area contributed by atoms with Gasteiger partial charge in [0.15, 0.2) is 11.5 Å². The van der Waals surface area contributed by atoms with Crippen LogP contribution in [0.25, 0.3) is 0 Å². The molecule has 1 saturated heterocycles. The summed E-state index contributed by atoms with van der Waals surface area (Å²) in [5, 5.41) is 2.56. The molecule has 2 aromatic rings. The number of nitrogens with one attached hydrogen (secondary N) is 1. The first-order valence-electron chi connectivity index (χ1n) is 10.4. The van der Waals surface area contributed by atoms with Crippen molar-refractivity contribution in [2.75, 3.05) is 20.2 Å². The molecular weight excluding hydrogens is 455 g/mol. The SMILES string of the molecule is CCOc1cc(CN(C)C(=O)CN2C(=O)NC(C)(c3ccc(F)cc3)C2=O)ccc1OC(F)F. The fraction of sp³-hybridized carbons (Fsp3) is 0.348. The molecule has 1 N–H and O–H groups in total. The highest BCUT2D eigenvalue weighted by atomic mass is 19.3. The van der Waals surface area contributed by atoms with Crippen molar-refractivity contribution in [3.63, 3.8) is 0 Å². The average molecular weight is 479 g/mol. The summed E-state index contributed by atoms with van der Waals surface area (Å²) in [6, 6.07) is 8.69. The zero-order valence-corrected chi connectivity index (χ0v) is 18.8. The van der Waals surface area contributed by atoms with Crippen molar-refractivity contribution in [1.29, 1.82) is 0 Å². The van der Waals surface area contributed by atoms with E-state index >= 15 is 0 Å². The quantitative estimate of drug-likeness (QED) is 0.558. The number of ether oxygens (including phenoxy) is 2. The Morgan fingerprint density at radius 2 is 1.82 bits per heavy atom. The van der Waals surface area contributed by atoms with Gasteiger partial charge in [0.25, 0.3) is 5.91 Å². The molecule has 1 fully saturated rings. The van der Waals surface area contributed by atoms with Gasteiger partial charge >= 0.3 is 12.6 Å². The van der Waals surface area contributed by atoms with Crippen molar-refractivity contribution in [2.45, 2.75) is 32.5 Å². The molecule has 182 valence electrons. The standard InChI is InChI=1S/C23H24F3N3O5/c1-4-33-18-11-14(5-10-17(18)34-21(25)26)12-28(3)19(30)13-29-20(31)23(2,27-22(29)32)15-6-8-16(24)9-7-15/h5-11,21H,4,12-13H2,1-3H3,(H,27,32). The first-order valence-corrected chi connectivity index (χ1v) is 10.4. The van der Waals surface area contributed by atoms with Gasteiger partial charge in [-0.3, -0.25) is 14.5 Å². The lowest BCUT2D eigenvalue weighted by Gasteiger charge is -2.23. The maximum absolute atomic E-state index is 13.3. The lowest BCUT2D eigenvalue weighted by Crippen LogP contribution is -2.43. The predicted molar refractivity (Wildman–Crippen MR) is 115 cm³/mol. The van der Waals surface area contributed by atoms with Crippen molar-refractivity contribution >= 4 is 17.8 Å². The second kappa shape index (κ2) is 10.0. The second-order valence-electron chi connectivity index (χ2n) is 7.80. The summed E-state index contributed by atoms with van der Waals surface area (Å²) in [5.74, 6) is -1.69. The highest BCUT2D eigenvalue weighted by Crippen LogP contribution is 2.31. The molecule has 4 amide bonds. The monoisotopic (exact) mass is 479 g/mol. The topological polar surface area (TPSA) is 88.2 Å². The van der Waals surface area contributed by atoms with Crippen LogP contribution in [0.5, 0.6) is 11.5 Å². The smallest absolute Gasteiger partial charge is 0.387 e. The Labute approximate surface area is 194 Å². The third kappa shape index (κ3) is 5.24. The van der Waals surface area contributed by atoms with Gasteiger partial charge in [-0.05, 0) is 49.2 Å². The number of rotatable bonds is 9. The van der Waals surface area contributed by atoms with Crippen molar-refractivity contribution < 1.29 is 37.0 Å². The second-order valence-corrected chi connectivity index (χ2v) is 7.80. The lowest BCUT2D eigenvalue weighted by atomic mass is 9.92. The minimum atomic E-state index is -3.01. The molecule has 1 aliphatic heterocycles. The molecule has 0 radical (unpaired) electrons. The highest BCUT2D eigenvalue weighted by molar-refractivity contribution is 6.09. The summed E-state index contributed by atoms with van der Waals surface area (Å²) in [4.78, 5) is 40.3. The number of imide groups is 1. The molecule has 2 aromatic carbocycles. The summed E-state index contributed by atoms with van der Waals surface area (Å²) < 4.78 is 48.2. The molecule has 0 spiro atoms. The molecule has 1 heterocycles. The van der Waals surface area contributed by atoms with E-state index in [0.717, 1.165) is 4.90 Å². The number of benzene rings is 2. The van der Waals surface area contributed by atoms with Crippen LogP contribution < -0.4 is 14.8 Å². The van der Waals surface area contributed by atoms with Crippen LogP contribution >= 0.6 is 0 Å². The van der Waals surface area contributed by atoms with Crippen molar-refractivity contribution in [3.05, 3.63) is 59.4 Å². The molecule has 11 heteroatoms. The number of carbonyl (C=O) groups is 3. The molecule has 0 aliphatic carbocycles. The third-order valence-electron chi connectivity index (χ3n) is 5.36. The van der Waals surface area contributed by atoms with Crippen LogP contribution in [0.3, 0.4) is 0 Å². The van der Waals surface area contributed by atoms with Gasteiger partial charge in [0.1, 0.15) is 17.9 Å². The Balaban J connectivity index is 1.69. The largest absolute Gasteiger partial charge is 0.490 e. The molecule has 3 rings (SSSR count). The van der Waals surface area contributed by atoms with E-state index < -0.39 is 42.4 Å². The van der Waals surface area contributed by atoms with Crippen LogP contribution in [0.15, 0.2) is 42.5 Å². The zero-order chi connectivity index (χ0) is 25.0. The van der Waals surface area contributed by atoms with E-state index in [1.54, 1.807) is 6.92 Å². The van der Waals surface area contributed by atoms with E-state index in [9.17, 15) is 27.6 Å². The molecule has 0 saturated carbocycles. The van der Waals surface area contributed by atoms with Crippen LogP contribution in [-0.2, 0) is 21.7 Å². The maximum Gasteiger partial charge on any atom is 0.387 e. The van der Waals surface area contributed by atoms with Gasteiger partial charge < -0.3 is 19.7 Å². The minimum absolute atomic E-state index is 0.0622. The molecule has 1 aliphatic rings. The number of carbonyl (C=O) groups excluding carboxylic acids is 3. The van der Waals surface area contributed by atoms with E-state index in [-0.39, 0.29) is 24.7 Å². The van der Waals surface area contributed by atoms with Crippen molar-refractivity contribution in [2.24, 2.45) is 0 Å². The van der Waals surface area contributed by atoms with Crippen molar-refractivity contribution in [1.82, 2.24) is 15.1 Å². The Morgan fingerprint density at radius 3 is 2.44 bits per heavy atom. The summed E-state index contributed by atoms with van der Waals surface area (Å²) in [6.45, 7) is -0.0786. The number of urea groups is 1. The summed E-state index contributed by atoms with van der Waals surface area (Å²) in [7, 11) is 1.48. The number of hydrogen-bond donors (Lipinski definition) is 1. The zero-order valence-electron chi connectivity index (χ0n) is 18.8. The van der Waals surface area contributed by atoms with E-state index in [2.05, 4.69) is 10.1 Å². The number of amides is 4. The van der Waals surface area contributed by atoms with Gasteiger partial charge in [-0.15, -0.1) is 0 Å². The van der Waals surface area contributed by atoms with Gasteiger partial charge in [-0.2, -0.15) is 8.78 Å². The first-order chi connectivity index (χ1) is 16.0. The summed E-state index contributed by atoms with van der Waals surface area (Å²) in [6.07, 6.45) is 0. The van der Waals surface area contributed by atoms with E-state index in [0.29, 0.717) is 11.1 Å². The molecule has 34 heavy (non-hydrogen) atoms. The van der Waals surface area contributed by atoms with Crippen molar-refractivity contribution in [3.8, 4) is 11.5 Å². The number of nitrogens with zero attached hydrogens (tertiary/aromatic N) is 2. The number of alkyl halides is 2. The van der Waals surface area contributed by atoms with Crippen LogP contribution in [-0.4, -0.2) is 54.5 Å². The minimum Gasteiger partial charge on any atom is -0.490 e. The van der Waals surface area contributed by atoms with Crippen LogP contribution in [0.2, 0.25) is 0 Å². The number of halogens is 3. The Morgan fingerprint density at radius 1 is 1.15 bits per heavy atom. The van der Waals surface area contributed by atoms with Gasteiger partial charge in [0.05, 0.1) is 6.61 Å². The lowest BCUT2D eigenvalue weighted by molar-refractivity contribution is -0.138. The van der Waals surface area contributed by atoms with E-state index in [1.165, 1.54) is 61.3 Å². The molecule has 0 bridgehead atoms. The van der Waals surface area contributed by atoms with Gasteiger partial charge in [-0.1, -0.05) is 18.2 Å². The highest BCUT2D eigenvalue weighted by Gasteiger charge is 2.49. The van der Waals surface area contributed by atoms with E-state index in [1.807, 2.05) is 0 Å². The normalized spacial score (nSPS) is 17.7. The third-order valence-corrected chi connectivity index (χ3v) is 5.36. The Hall–Kier alpha value is -3.76. The summed E-state index contributed by atoms with van der Waals surface area (Å²) >= 11 is 0. The van der Waals surface area contributed by atoms with Crippen LogP contribution in [0.4, 0.5) is 18.0 Å². The van der Waals surface area contributed by atoms with Crippen LogP contribution in [0, 0.1) is 5.82 Å². The summed E-state index contributed by atoms with van der Waals surface area (Å²) in [5.41, 5.74) is -0.490. The number of hydrogen-bond acceptors (Lipinski definition) is 5. The fourth-order valence-electron chi connectivity index (χ4n) is 3.55. The number of likely N-dealkylation sites (N-methyl/N-ethyl adjacent to an activating group) is 1. The fourth-order valence-corrected chi connectivity index (χ4v) is 3.55. The molecular formula is C23H24F3N3O5. The molecule has 1 unspecified atom stereocenters. The molecule has 8 nitrogen and oxygen atoms in total. The Bertz CT molecular complexity index is 1080.